The zero-order valence-corrected chi connectivity index (χ0v) is 13.6. The van der Waals surface area contributed by atoms with Gasteiger partial charge in [0, 0.05) is 19.4 Å². The van der Waals surface area contributed by atoms with E-state index in [4.69, 9.17) is 12.2 Å². The number of hydrogen-bond acceptors (Lipinski definition) is 3. The molecule has 23 heavy (non-hydrogen) atoms. The smallest absolute Gasteiger partial charge is 0.171 e. The first-order valence-electron chi connectivity index (χ1n) is 7.29. The minimum atomic E-state index is 0.551. The average molecular weight is 326 g/mol. The maximum absolute atomic E-state index is 5.29. The van der Waals surface area contributed by atoms with Gasteiger partial charge in [0.1, 0.15) is 0 Å². The second-order valence-electron chi connectivity index (χ2n) is 5.20. The Morgan fingerprint density at radius 1 is 1.22 bits per heavy atom. The molecule has 0 unspecified atom stereocenters. The van der Waals surface area contributed by atoms with Crippen LogP contribution in [0.3, 0.4) is 0 Å². The summed E-state index contributed by atoms with van der Waals surface area (Å²) in [4.78, 5) is 0. The van der Waals surface area contributed by atoms with Gasteiger partial charge in [-0.2, -0.15) is 10.2 Å². The summed E-state index contributed by atoms with van der Waals surface area (Å²) in [6.07, 6.45) is 5.60. The van der Waals surface area contributed by atoms with Crippen LogP contribution in [0.4, 0.5) is 5.69 Å². The van der Waals surface area contributed by atoms with Crippen molar-refractivity contribution in [2.75, 3.05) is 5.32 Å². The zero-order chi connectivity index (χ0) is 16.1. The van der Waals surface area contributed by atoms with Crippen LogP contribution in [0.1, 0.15) is 11.3 Å². The van der Waals surface area contributed by atoms with E-state index in [1.165, 1.54) is 5.56 Å². The molecule has 0 radical (unpaired) electrons. The molecule has 3 aromatic rings. The van der Waals surface area contributed by atoms with Crippen molar-refractivity contribution in [3.8, 4) is 0 Å². The first-order chi connectivity index (χ1) is 11.2. The van der Waals surface area contributed by atoms with Gasteiger partial charge in [0.05, 0.1) is 30.7 Å². The molecule has 118 valence electrons. The average Bonchev–Trinajstić information content (AvgIpc) is 3.15. The molecule has 0 atom stereocenters. The van der Waals surface area contributed by atoms with Crippen molar-refractivity contribution in [3.05, 3.63) is 66.2 Å². The molecule has 0 aliphatic heterocycles. The van der Waals surface area contributed by atoms with Crippen LogP contribution in [-0.4, -0.2) is 24.7 Å². The van der Waals surface area contributed by atoms with E-state index in [1.54, 1.807) is 10.9 Å². The van der Waals surface area contributed by atoms with Crippen LogP contribution in [0, 0.1) is 0 Å². The lowest BCUT2D eigenvalue weighted by Gasteiger charge is -2.07. The van der Waals surface area contributed by atoms with Crippen LogP contribution in [0.15, 0.2) is 55.0 Å². The summed E-state index contributed by atoms with van der Waals surface area (Å²) in [5.41, 5.74) is 3.01. The van der Waals surface area contributed by atoms with Crippen LogP contribution >= 0.6 is 12.2 Å². The fourth-order valence-electron chi connectivity index (χ4n) is 2.19. The van der Waals surface area contributed by atoms with Crippen molar-refractivity contribution >= 4 is 23.0 Å². The maximum atomic E-state index is 5.29. The van der Waals surface area contributed by atoms with Gasteiger partial charge in [-0.25, -0.2) is 0 Å². The fraction of sp³-hybridized carbons (Fsp3) is 0.188. The Labute approximate surface area is 140 Å². The third-order valence-electron chi connectivity index (χ3n) is 3.28. The van der Waals surface area contributed by atoms with Crippen molar-refractivity contribution < 1.29 is 0 Å². The Morgan fingerprint density at radius 3 is 2.78 bits per heavy atom. The Hall–Kier alpha value is -2.67. The zero-order valence-electron chi connectivity index (χ0n) is 12.8. The molecule has 1 aromatic carbocycles. The molecule has 0 amide bonds. The number of thiocarbonyl (C=S) groups is 1. The highest BCUT2D eigenvalue weighted by atomic mass is 32.1. The lowest BCUT2D eigenvalue weighted by molar-refractivity contribution is 0.687. The van der Waals surface area contributed by atoms with Gasteiger partial charge in [-0.15, -0.1) is 0 Å². The van der Waals surface area contributed by atoms with Gasteiger partial charge in [0.15, 0.2) is 5.11 Å². The van der Waals surface area contributed by atoms with Gasteiger partial charge >= 0.3 is 0 Å². The van der Waals surface area contributed by atoms with Gasteiger partial charge in [-0.1, -0.05) is 30.3 Å². The number of aryl methyl sites for hydroxylation is 1. The highest BCUT2D eigenvalue weighted by Crippen LogP contribution is 2.08. The van der Waals surface area contributed by atoms with Gasteiger partial charge in [-0.3, -0.25) is 9.36 Å². The minimum absolute atomic E-state index is 0.551. The Balaban J connectivity index is 1.51. The van der Waals surface area contributed by atoms with Gasteiger partial charge in [0.2, 0.25) is 0 Å². The van der Waals surface area contributed by atoms with E-state index in [9.17, 15) is 0 Å². The molecule has 0 saturated heterocycles. The Bertz CT molecular complexity index is 777. The summed E-state index contributed by atoms with van der Waals surface area (Å²) < 4.78 is 3.64. The minimum Gasteiger partial charge on any atom is -0.357 e. The highest BCUT2D eigenvalue weighted by molar-refractivity contribution is 7.80. The molecule has 0 aliphatic rings. The third-order valence-corrected chi connectivity index (χ3v) is 3.52. The topological polar surface area (TPSA) is 59.7 Å². The predicted molar refractivity (Wildman–Crippen MR) is 94.0 cm³/mol. The molecule has 6 nitrogen and oxygen atoms in total. The number of aromatic nitrogens is 4. The molecule has 2 aromatic heterocycles. The van der Waals surface area contributed by atoms with E-state index in [0.29, 0.717) is 11.7 Å². The number of nitrogens with zero attached hydrogens (tertiary/aromatic N) is 4. The summed E-state index contributed by atoms with van der Waals surface area (Å²) in [7, 11) is 1.89. The van der Waals surface area contributed by atoms with E-state index >= 15 is 0 Å². The lowest BCUT2D eigenvalue weighted by Crippen LogP contribution is -2.27. The standard InChI is InChI=1S/C16H18N6S/c1-21-8-7-14(20-21)9-17-16(23)19-15-10-18-22(12-15)11-13-5-3-2-4-6-13/h2-8,10,12H,9,11H2,1H3,(H2,17,19,23). The monoisotopic (exact) mass is 326 g/mol. The highest BCUT2D eigenvalue weighted by Gasteiger charge is 2.03. The van der Waals surface area contributed by atoms with Crippen LogP contribution in [0.25, 0.3) is 0 Å². The van der Waals surface area contributed by atoms with Crippen molar-refractivity contribution in [2.45, 2.75) is 13.1 Å². The van der Waals surface area contributed by atoms with Crippen molar-refractivity contribution in [1.29, 1.82) is 0 Å². The summed E-state index contributed by atoms with van der Waals surface area (Å²) in [5.74, 6) is 0. The molecule has 0 bridgehead atoms. The largest absolute Gasteiger partial charge is 0.357 e. The number of anilines is 1. The van der Waals surface area contributed by atoms with Crippen molar-refractivity contribution in [3.63, 3.8) is 0 Å². The van der Waals surface area contributed by atoms with Gasteiger partial charge in [0.25, 0.3) is 0 Å². The molecule has 2 N–H and O–H groups in total. The van der Waals surface area contributed by atoms with Crippen LogP contribution < -0.4 is 10.6 Å². The lowest BCUT2D eigenvalue weighted by atomic mass is 10.2. The van der Waals surface area contributed by atoms with Crippen LogP contribution in [0.5, 0.6) is 0 Å². The summed E-state index contributed by atoms with van der Waals surface area (Å²) in [5, 5.41) is 15.4. The number of nitrogens with one attached hydrogen (secondary N) is 2. The molecule has 7 heteroatoms. The Kier molecular flexibility index (Phi) is 4.68. The molecule has 2 heterocycles. The van der Waals surface area contributed by atoms with Crippen LogP contribution in [0.2, 0.25) is 0 Å². The molecule has 0 spiro atoms. The molecule has 0 fully saturated rings. The summed E-state index contributed by atoms with van der Waals surface area (Å²) in [6, 6.07) is 12.2. The van der Waals surface area contributed by atoms with Gasteiger partial charge in [-0.05, 0) is 23.8 Å². The molecular formula is C16H18N6S. The Morgan fingerprint density at radius 2 is 2.04 bits per heavy atom. The van der Waals surface area contributed by atoms with Gasteiger partial charge < -0.3 is 10.6 Å². The first kappa shape index (κ1) is 15.2. The molecule has 0 aliphatic carbocycles. The first-order valence-corrected chi connectivity index (χ1v) is 7.69. The quantitative estimate of drug-likeness (QED) is 0.704. The van der Waals surface area contributed by atoms with E-state index < -0.39 is 0 Å². The third kappa shape index (κ3) is 4.40. The fourth-order valence-corrected chi connectivity index (χ4v) is 2.38. The number of benzene rings is 1. The van der Waals surface area contributed by atoms with Crippen molar-refractivity contribution in [2.24, 2.45) is 7.05 Å². The summed E-state index contributed by atoms with van der Waals surface area (Å²) in [6.45, 7) is 1.32. The second-order valence-corrected chi connectivity index (χ2v) is 5.61. The summed E-state index contributed by atoms with van der Waals surface area (Å²) >= 11 is 5.29. The molecule has 3 rings (SSSR count). The molecular weight excluding hydrogens is 308 g/mol. The normalized spacial score (nSPS) is 10.5. The van der Waals surface area contributed by atoms with E-state index in [-0.39, 0.29) is 0 Å². The van der Waals surface area contributed by atoms with Crippen LogP contribution in [-0.2, 0) is 20.1 Å². The SMILES string of the molecule is Cn1ccc(CNC(=S)Nc2cnn(Cc3ccccc3)c2)n1. The second kappa shape index (κ2) is 7.06. The van der Waals surface area contributed by atoms with E-state index in [2.05, 4.69) is 33.0 Å². The van der Waals surface area contributed by atoms with E-state index in [1.807, 2.05) is 48.4 Å². The number of hydrogen-bond donors (Lipinski definition) is 2. The molecule has 0 saturated carbocycles. The number of rotatable bonds is 5. The predicted octanol–water partition coefficient (Wildman–Crippen LogP) is 2.15. The van der Waals surface area contributed by atoms with E-state index in [0.717, 1.165) is 17.9 Å². The maximum Gasteiger partial charge on any atom is 0.171 e. The van der Waals surface area contributed by atoms with Crippen molar-refractivity contribution in [1.82, 2.24) is 24.9 Å².